The fraction of sp³-hybridized carbons (Fsp3) is 0.250. The van der Waals surface area contributed by atoms with Crippen molar-refractivity contribution in [2.24, 2.45) is 0 Å². The second-order valence-electron chi connectivity index (χ2n) is 5.86. The predicted molar refractivity (Wildman–Crippen MR) is 103 cm³/mol. The number of anilines is 1. The summed E-state index contributed by atoms with van der Waals surface area (Å²) in [5.41, 5.74) is 2.40. The summed E-state index contributed by atoms with van der Waals surface area (Å²) in [4.78, 5) is 15.7. The molecule has 0 bridgehead atoms. The number of nitrogens with one attached hydrogen (secondary N) is 2. The van der Waals surface area contributed by atoms with Crippen LogP contribution in [0.25, 0.3) is 10.9 Å². The number of carbonyl (C=O) groups excluding carboxylic acids is 1. The lowest BCUT2D eigenvalue weighted by Crippen LogP contribution is -2.14. The van der Waals surface area contributed by atoms with Crippen molar-refractivity contribution in [3.8, 4) is 23.0 Å². The van der Waals surface area contributed by atoms with E-state index in [4.69, 9.17) is 18.9 Å². The number of rotatable bonds is 7. The minimum absolute atomic E-state index is 0.159. The van der Waals surface area contributed by atoms with Gasteiger partial charge in [0, 0.05) is 34.9 Å². The summed E-state index contributed by atoms with van der Waals surface area (Å²) in [5.74, 6) is 2.01. The summed E-state index contributed by atoms with van der Waals surface area (Å²) in [6.45, 7) is 0. The third kappa shape index (κ3) is 3.76. The first-order chi connectivity index (χ1) is 13.1. The average Bonchev–Trinajstić information content (AvgIpc) is 3.08. The molecule has 3 aromatic rings. The molecule has 0 saturated heterocycles. The van der Waals surface area contributed by atoms with Crippen molar-refractivity contribution in [3.05, 3.63) is 42.1 Å². The number of benzene rings is 2. The van der Waals surface area contributed by atoms with E-state index in [9.17, 15) is 4.79 Å². The number of methoxy groups -OCH3 is 4. The molecule has 0 aliphatic rings. The molecule has 1 aromatic heterocycles. The lowest BCUT2D eigenvalue weighted by molar-refractivity contribution is -0.115. The van der Waals surface area contributed by atoms with Crippen molar-refractivity contribution in [1.29, 1.82) is 0 Å². The topological polar surface area (TPSA) is 81.8 Å². The quantitative estimate of drug-likeness (QED) is 0.666. The largest absolute Gasteiger partial charge is 0.497 e. The maximum absolute atomic E-state index is 12.6. The molecule has 2 aromatic carbocycles. The van der Waals surface area contributed by atoms with Gasteiger partial charge in [0.15, 0.2) is 11.5 Å². The fourth-order valence-corrected chi connectivity index (χ4v) is 2.96. The molecule has 7 heteroatoms. The van der Waals surface area contributed by atoms with Crippen LogP contribution in [0.2, 0.25) is 0 Å². The third-order valence-electron chi connectivity index (χ3n) is 4.27. The smallest absolute Gasteiger partial charge is 0.228 e. The van der Waals surface area contributed by atoms with Crippen LogP contribution < -0.4 is 24.3 Å². The lowest BCUT2D eigenvalue weighted by Gasteiger charge is -2.14. The van der Waals surface area contributed by atoms with Gasteiger partial charge in [-0.15, -0.1) is 0 Å². The van der Waals surface area contributed by atoms with E-state index in [0.29, 0.717) is 22.9 Å². The van der Waals surface area contributed by atoms with Crippen molar-refractivity contribution in [1.82, 2.24) is 4.98 Å². The molecule has 1 amide bonds. The van der Waals surface area contributed by atoms with Crippen LogP contribution in [0.1, 0.15) is 5.56 Å². The van der Waals surface area contributed by atoms with Crippen molar-refractivity contribution < 1.29 is 23.7 Å². The Morgan fingerprint density at radius 2 is 1.67 bits per heavy atom. The maximum atomic E-state index is 12.6. The van der Waals surface area contributed by atoms with Crippen molar-refractivity contribution in [3.63, 3.8) is 0 Å². The summed E-state index contributed by atoms with van der Waals surface area (Å²) in [6, 6.07) is 9.09. The Morgan fingerprint density at radius 1 is 0.963 bits per heavy atom. The zero-order chi connectivity index (χ0) is 19.4. The molecular formula is C20H22N2O5. The highest BCUT2D eigenvalue weighted by Gasteiger charge is 2.15. The lowest BCUT2D eigenvalue weighted by atomic mass is 10.1. The number of ether oxygens (including phenoxy) is 4. The van der Waals surface area contributed by atoms with Gasteiger partial charge in [-0.3, -0.25) is 4.79 Å². The Labute approximate surface area is 157 Å². The number of aromatic amines is 1. The van der Waals surface area contributed by atoms with E-state index in [2.05, 4.69) is 10.3 Å². The Balaban J connectivity index is 1.82. The SMILES string of the molecule is COc1ccc2[nH]cc(CC(=O)Nc3cc(OC)c(OC)c(OC)c3)c2c1. The van der Waals surface area contributed by atoms with Gasteiger partial charge in [-0.25, -0.2) is 0 Å². The molecule has 27 heavy (non-hydrogen) atoms. The standard InChI is InChI=1S/C20H22N2O5/c1-24-14-5-6-16-15(10-14)12(11-21-16)7-19(23)22-13-8-17(25-2)20(27-4)18(9-13)26-3/h5-6,8-11,21H,7H2,1-4H3,(H,22,23). The van der Waals surface area contributed by atoms with Crippen LogP contribution in [0.15, 0.2) is 36.5 Å². The minimum atomic E-state index is -0.159. The van der Waals surface area contributed by atoms with Crippen molar-refractivity contribution >= 4 is 22.5 Å². The Morgan fingerprint density at radius 3 is 2.26 bits per heavy atom. The van der Waals surface area contributed by atoms with Crippen LogP contribution in [0.5, 0.6) is 23.0 Å². The molecule has 0 radical (unpaired) electrons. The van der Waals surface area contributed by atoms with Crippen LogP contribution in [0, 0.1) is 0 Å². The first-order valence-corrected chi connectivity index (χ1v) is 8.33. The van der Waals surface area contributed by atoms with Crippen molar-refractivity contribution in [2.45, 2.75) is 6.42 Å². The number of carbonyl (C=O) groups is 1. The summed E-state index contributed by atoms with van der Waals surface area (Å²) in [5, 5.41) is 3.83. The highest BCUT2D eigenvalue weighted by Crippen LogP contribution is 2.40. The van der Waals surface area contributed by atoms with E-state index in [0.717, 1.165) is 22.2 Å². The molecule has 0 unspecified atom stereocenters. The van der Waals surface area contributed by atoms with Gasteiger partial charge < -0.3 is 29.2 Å². The molecule has 1 heterocycles. The predicted octanol–water partition coefficient (Wildman–Crippen LogP) is 3.38. The second kappa shape index (κ2) is 7.90. The number of hydrogen-bond acceptors (Lipinski definition) is 5. The summed E-state index contributed by atoms with van der Waals surface area (Å²) < 4.78 is 21.2. The van der Waals surface area contributed by atoms with Gasteiger partial charge in [-0.05, 0) is 23.8 Å². The molecular weight excluding hydrogens is 348 g/mol. The van der Waals surface area contributed by atoms with E-state index in [1.807, 2.05) is 24.4 Å². The van der Waals surface area contributed by atoms with E-state index in [-0.39, 0.29) is 12.3 Å². The van der Waals surface area contributed by atoms with Crippen LogP contribution in [-0.4, -0.2) is 39.3 Å². The monoisotopic (exact) mass is 370 g/mol. The number of fused-ring (bicyclic) bond motifs is 1. The zero-order valence-corrected chi connectivity index (χ0v) is 15.7. The first kappa shape index (κ1) is 18.4. The Bertz CT molecular complexity index is 939. The molecule has 2 N–H and O–H groups in total. The number of aromatic nitrogens is 1. The fourth-order valence-electron chi connectivity index (χ4n) is 2.96. The maximum Gasteiger partial charge on any atom is 0.228 e. The van der Waals surface area contributed by atoms with Crippen LogP contribution in [0.3, 0.4) is 0 Å². The summed E-state index contributed by atoms with van der Waals surface area (Å²) in [7, 11) is 6.21. The van der Waals surface area contributed by atoms with Crippen LogP contribution in [0.4, 0.5) is 5.69 Å². The summed E-state index contributed by atoms with van der Waals surface area (Å²) in [6.07, 6.45) is 2.04. The van der Waals surface area contributed by atoms with Gasteiger partial charge in [0.25, 0.3) is 0 Å². The van der Waals surface area contributed by atoms with Gasteiger partial charge in [-0.1, -0.05) is 0 Å². The van der Waals surface area contributed by atoms with Gasteiger partial charge in [-0.2, -0.15) is 0 Å². The molecule has 142 valence electrons. The van der Waals surface area contributed by atoms with E-state index < -0.39 is 0 Å². The highest BCUT2D eigenvalue weighted by molar-refractivity contribution is 5.96. The minimum Gasteiger partial charge on any atom is -0.497 e. The molecule has 0 atom stereocenters. The van der Waals surface area contributed by atoms with E-state index in [1.54, 1.807) is 19.2 Å². The molecule has 0 aliphatic heterocycles. The molecule has 0 fully saturated rings. The molecule has 0 saturated carbocycles. The van der Waals surface area contributed by atoms with Gasteiger partial charge in [0.05, 0.1) is 34.9 Å². The van der Waals surface area contributed by atoms with Crippen molar-refractivity contribution in [2.75, 3.05) is 33.8 Å². The summed E-state index contributed by atoms with van der Waals surface area (Å²) >= 11 is 0. The van der Waals surface area contributed by atoms with Gasteiger partial charge in [0.1, 0.15) is 5.75 Å². The molecule has 7 nitrogen and oxygen atoms in total. The molecule has 3 rings (SSSR count). The Hall–Kier alpha value is -3.35. The van der Waals surface area contributed by atoms with Gasteiger partial charge >= 0.3 is 0 Å². The Kier molecular flexibility index (Phi) is 5.40. The van der Waals surface area contributed by atoms with E-state index >= 15 is 0 Å². The third-order valence-corrected chi connectivity index (χ3v) is 4.27. The average molecular weight is 370 g/mol. The number of hydrogen-bond donors (Lipinski definition) is 2. The van der Waals surface area contributed by atoms with E-state index in [1.165, 1.54) is 21.3 Å². The zero-order valence-electron chi connectivity index (χ0n) is 15.7. The molecule has 0 spiro atoms. The van der Waals surface area contributed by atoms with Crippen LogP contribution >= 0.6 is 0 Å². The normalized spacial score (nSPS) is 10.5. The highest BCUT2D eigenvalue weighted by atomic mass is 16.5. The second-order valence-corrected chi connectivity index (χ2v) is 5.86. The van der Waals surface area contributed by atoms with Crippen LogP contribution in [-0.2, 0) is 11.2 Å². The first-order valence-electron chi connectivity index (χ1n) is 8.33. The number of amides is 1. The van der Waals surface area contributed by atoms with Gasteiger partial charge in [0.2, 0.25) is 11.7 Å². The number of H-pyrrole nitrogens is 1. The molecule has 0 aliphatic carbocycles.